The van der Waals surface area contributed by atoms with E-state index in [2.05, 4.69) is 36.1 Å². The molecule has 0 atom stereocenters. The molecule has 0 radical (unpaired) electrons. The van der Waals surface area contributed by atoms with Gasteiger partial charge in [0, 0.05) is 5.39 Å². The summed E-state index contributed by atoms with van der Waals surface area (Å²) in [5.74, 6) is 0.602. The minimum absolute atomic E-state index is 0.602. The Labute approximate surface area is 115 Å². The van der Waals surface area contributed by atoms with E-state index in [4.69, 9.17) is 9.83 Å². The molecule has 4 nitrogen and oxygen atoms in total. The number of H-pyrrole nitrogens is 1. The lowest BCUT2D eigenvalue weighted by Gasteiger charge is -2.00. The fourth-order valence-corrected chi connectivity index (χ4v) is 2.50. The van der Waals surface area contributed by atoms with Gasteiger partial charge in [0.1, 0.15) is 11.0 Å². The van der Waals surface area contributed by atoms with E-state index in [9.17, 15) is 0 Å². The second kappa shape index (κ2) is 3.93. The summed E-state index contributed by atoms with van der Waals surface area (Å²) in [6.45, 7) is 4.19. The number of aromatic nitrogens is 1. The first kappa shape index (κ1) is 11.2. The van der Waals surface area contributed by atoms with Crippen LogP contribution < -0.4 is 15.6 Å². The van der Waals surface area contributed by atoms with E-state index in [-0.39, 0.29) is 0 Å². The van der Waals surface area contributed by atoms with Gasteiger partial charge in [-0.1, -0.05) is 29.4 Å². The highest BCUT2D eigenvalue weighted by Crippen LogP contribution is 2.38. The summed E-state index contributed by atoms with van der Waals surface area (Å²) < 4.78 is 0. The number of aryl methyl sites for hydroxylation is 2. The highest BCUT2D eigenvalue weighted by Gasteiger charge is 2.16. The SMILES string of the molecule is Cc1ccc2c3c([nH]c2c1C)ON=c1ccccc1=N3. The Kier molecular flexibility index (Phi) is 2.21. The molecule has 1 aromatic heterocycles. The van der Waals surface area contributed by atoms with Gasteiger partial charge in [0.25, 0.3) is 5.88 Å². The lowest BCUT2D eigenvalue weighted by atomic mass is 10.1. The maximum absolute atomic E-state index is 5.53. The monoisotopic (exact) mass is 263 g/mol. The van der Waals surface area contributed by atoms with Crippen molar-refractivity contribution >= 4 is 16.6 Å². The van der Waals surface area contributed by atoms with Crippen LogP contribution in [0.5, 0.6) is 5.88 Å². The number of fused-ring (bicyclic) bond motifs is 4. The normalized spacial score (nSPS) is 12.7. The summed E-state index contributed by atoms with van der Waals surface area (Å²) in [4.78, 5) is 13.5. The molecule has 0 fully saturated rings. The van der Waals surface area contributed by atoms with Gasteiger partial charge >= 0.3 is 0 Å². The van der Waals surface area contributed by atoms with E-state index in [1.165, 1.54) is 11.1 Å². The van der Waals surface area contributed by atoms with Crippen LogP contribution in [-0.2, 0) is 0 Å². The maximum Gasteiger partial charge on any atom is 0.254 e. The molecule has 0 amide bonds. The molecule has 0 saturated carbocycles. The lowest BCUT2D eigenvalue weighted by Crippen LogP contribution is -2.24. The topological polar surface area (TPSA) is 49.7 Å². The highest BCUT2D eigenvalue weighted by molar-refractivity contribution is 5.96. The highest BCUT2D eigenvalue weighted by atomic mass is 16.6. The summed E-state index contributed by atoms with van der Waals surface area (Å²) in [5, 5.41) is 6.78. The zero-order valence-electron chi connectivity index (χ0n) is 11.3. The van der Waals surface area contributed by atoms with Crippen LogP contribution in [0.4, 0.5) is 5.69 Å². The summed E-state index contributed by atoms with van der Waals surface area (Å²) in [6.07, 6.45) is 0. The number of hydrogen-bond donors (Lipinski definition) is 1. The average Bonchev–Trinajstić information content (AvgIpc) is 2.70. The first-order valence-electron chi connectivity index (χ1n) is 6.55. The number of para-hydroxylation sites is 1. The summed E-state index contributed by atoms with van der Waals surface area (Å²) in [7, 11) is 0. The third kappa shape index (κ3) is 1.48. The number of benzene rings is 2. The predicted molar refractivity (Wildman–Crippen MR) is 76.8 cm³/mol. The van der Waals surface area contributed by atoms with Crippen molar-refractivity contribution < 1.29 is 4.84 Å². The molecule has 1 N–H and O–H groups in total. The molecule has 3 aromatic rings. The molecule has 0 unspecified atom stereocenters. The number of aromatic amines is 1. The van der Waals surface area contributed by atoms with Gasteiger partial charge in [-0.2, -0.15) is 0 Å². The van der Waals surface area contributed by atoms with Gasteiger partial charge in [-0.3, -0.25) is 0 Å². The van der Waals surface area contributed by atoms with E-state index in [0.717, 1.165) is 27.3 Å². The summed E-state index contributed by atoms with van der Waals surface area (Å²) >= 11 is 0. The van der Waals surface area contributed by atoms with Crippen LogP contribution >= 0.6 is 0 Å². The number of nitrogens with one attached hydrogen (secondary N) is 1. The van der Waals surface area contributed by atoms with Gasteiger partial charge < -0.3 is 9.82 Å². The van der Waals surface area contributed by atoms with Crippen LogP contribution in [0.2, 0.25) is 0 Å². The average molecular weight is 263 g/mol. The van der Waals surface area contributed by atoms with E-state index in [1.807, 2.05) is 24.3 Å². The molecule has 0 spiro atoms. The molecule has 98 valence electrons. The Bertz CT molecular complexity index is 954. The first-order valence-corrected chi connectivity index (χ1v) is 6.55. The van der Waals surface area contributed by atoms with Gasteiger partial charge in [-0.25, -0.2) is 4.99 Å². The Balaban J connectivity index is 2.12. The minimum atomic E-state index is 0.602. The maximum atomic E-state index is 5.53. The molecule has 0 bridgehead atoms. The quantitative estimate of drug-likeness (QED) is 0.666. The standard InChI is InChI=1S/C16H13N3O/c1-9-7-8-11-14(10(9)2)18-16-15(11)17-12-5-3-4-6-13(12)19-20-16/h3-8,18H,1-2H3. The van der Waals surface area contributed by atoms with Crippen molar-refractivity contribution in [3.63, 3.8) is 0 Å². The molecule has 4 rings (SSSR count). The molecule has 1 aliphatic rings. The fraction of sp³-hybridized carbons (Fsp3) is 0.125. The van der Waals surface area contributed by atoms with Crippen molar-refractivity contribution in [2.75, 3.05) is 0 Å². The van der Waals surface area contributed by atoms with Gasteiger partial charge in [0.05, 0.1) is 10.9 Å². The number of nitrogens with zero attached hydrogens (tertiary/aromatic N) is 2. The Morgan fingerprint density at radius 2 is 1.80 bits per heavy atom. The van der Waals surface area contributed by atoms with E-state index in [1.54, 1.807) is 0 Å². The zero-order valence-corrected chi connectivity index (χ0v) is 11.3. The molecule has 20 heavy (non-hydrogen) atoms. The van der Waals surface area contributed by atoms with Crippen molar-refractivity contribution in [1.29, 1.82) is 0 Å². The summed E-state index contributed by atoms with van der Waals surface area (Å²) in [6, 6.07) is 11.9. The molecule has 2 aromatic carbocycles. The van der Waals surface area contributed by atoms with Crippen LogP contribution in [0.15, 0.2) is 46.5 Å². The van der Waals surface area contributed by atoms with Crippen LogP contribution in [-0.4, -0.2) is 4.98 Å². The number of hydrogen-bond acceptors (Lipinski definition) is 3. The molecule has 4 heteroatoms. The second-order valence-corrected chi connectivity index (χ2v) is 5.02. The second-order valence-electron chi connectivity index (χ2n) is 5.02. The molecule has 2 heterocycles. The smallest absolute Gasteiger partial charge is 0.254 e. The van der Waals surface area contributed by atoms with E-state index >= 15 is 0 Å². The van der Waals surface area contributed by atoms with Crippen LogP contribution in [0.1, 0.15) is 11.1 Å². The van der Waals surface area contributed by atoms with Crippen molar-refractivity contribution in [2.24, 2.45) is 10.1 Å². The van der Waals surface area contributed by atoms with Crippen molar-refractivity contribution in [1.82, 2.24) is 4.98 Å². The minimum Gasteiger partial charge on any atom is -0.336 e. The van der Waals surface area contributed by atoms with Crippen molar-refractivity contribution in [3.8, 4) is 5.88 Å². The Hall–Kier alpha value is -2.62. The molecular weight excluding hydrogens is 250 g/mol. The van der Waals surface area contributed by atoms with Crippen LogP contribution in [0.25, 0.3) is 10.9 Å². The third-order valence-corrected chi connectivity index (χ3v) is 3.79. The van der Waals surface area contributed by atoms with Crippen LogP contribution in [0, 0.1) is 13.8 Å². The van der Waals surface area contributed by atoms with Gasteiger partial charge in [-0.15, -0.1) is 0 Å². The predicted octanol–water partition coefficient (Wildman–Crippen LogP) is 2.66. The van der Waals surface area contributed by atoms with Crippen LogP contribution in [0.3, 0.4) is 0 Å². The van der Waals surface area contributed by atoms with Gasteiger partial charge in [0.15, 0.2) is 0 Å². The first-order chi connectivity index (χ1) is 9.74. The molecule has 0 saturated heterocycles. The molecular formula is C16H13N3O. The number of rotatable bonds is 0. The van der Waals surface area contributed by atoms with E-state index in [0.29, 0.717) is 5.88 Å². The lowest BCUT2D eigenvalue weighted by molar-refractivity contribution is 0.317. The third-order valence-electron chi connectivity index (χ3n) is 3.79. The van der Waals surface area contributed by atoms with Gasteiger partial charge in [0.2, 0.25) is 0 Å². The summed E-state index contributed by atoms with van der Waals surface area (Å²) in [5.41, 5.74) is 4.33. The van der Waals surface area contributed by atoms with Crippen molar-refractivity contribution in [3.05, 3.63) is 58.2 Å². The van der Waals surface area contributed by atoms with E-state index < -0.39 is 0 Å². The molecule has 0 aliphatic carbocycles. The molecule has 1 aliphatic heterocycles. The zero-order chi connectivity index (χ0) is 13.7. The fourth-order valence-electron chi connectivity index (χ4n) is 2.50. The largest absolute Gasteiger partial charge is 0.336 e. The van der Waals surface area contributed by atoms with Gasteiger partial charge in [-0.05, 0) is 37.1 Å². The Morgan fingerprint density at radius 3 is 2.65 bits per heavy atom. The Morgan fingerprint density at radius 1 is 1.00 bits per heavy atom. The van der Waals surface area contributed by atoms with Crippen molar-refractivity contribution in [2.45, 2.75) is 13.8 Å².